The normalized spacial score (nSPS) is 4.80. The molecule has 18 heteroatoms. The lowest BCUT2D eigenvalue weighted by Crippen LogP contribution is -1.95. The summed E-state index contributed by atoms with van der Waals surface area (Å²) < 4.78 is 0. The summed E-state index contributed by atoms with van der Waals surface area (Å²) in [6.45, 7) is 6.94. The number of hydrogen-bond donors (Lipinski definition) is 0. The van der Waals surface area contributed by atoms with Crippen LogP contribution < -0.4 is 0 Å². The topological polar surface area (TPSA) is 0 Å². The largest absolute Gasteiger partial charge is 0.153 e. The van der Waals surface area contributed by atoms with E-state index in [4.69, 9.17) is 0 Å². The van der Waals surface area contributed by atoms with Gasteiger partial charge in [-0.2, -0.15) is 168 Å². The summed E-state index contributed by atoms with van der Waals surface area (Å²) in [6, 6.07) is 0. The van der Waals surface area contributed by atoms with E-state index in [-0.39, 0.29) is 168 Å². The molecule has 0 nitrogen and oxygen atoms in total. The van der Waals surface area contributed by atoms with Crippen molar-refractivity contribution >= 4 is 176 Å². The van der Waals surface area contributed by atoms with Gasteiger partial charge < -0.3 is 0 Å². The molecule has 17 unspecified atom stereocenters. The lowest BCUT2D eigenvalue weighted by atomic mass is 10.4. The molecule has 0 fully saturated rings. The number of unbranched alkanes of at least 4 members (excludes halogenated alkanes) is 3. The summed E-state index contributed by atoms with van der Waals surface area (Å²) in [6.07, 6.45) is 13.2. The monoisotopic (exact) mass is 780 g/mol. The summed E-state index contributed by atoms with van der Waals surface area (Å²) >= 11 is 0. The lowest BCUT2D eigenvalue weighted by molar-refractivity contribution is 0.847. The van der Waals surface area contributed by atoms with Crippen molar-refractivity contribution in [2.24, 2.45) is 0 Å². The maximum Gasteiger partial charge on any atom is -0.0326 e. The highest BCUT2D eigenvalue weighted by molar-refractivity contribution is 7.57. The first-order valence-electron chi connectivity index (χ1n) is 6.07. The Labute approximate surface area is 252 Å². The maximum absolute atomic E-state index is 2.31. The molecular weight excluding hydrogens is 702 g/mol. The van der Waals surface area contributed by atoms with Gasteiger partial charge in [0.1, 0.15) is 0 Å². The Morgan fingerprint density at radius 3 is 0.533 bits per heavy atom. The van der Waals surface area contributed by atoms with Gasteiger partial charge in [0, 0.05) is 0 Å². The summed E-state index contributed by atoms with van der Waals surface area (Å²) in [5, 5.41) is 0. The second kappa shape index (κ2) is 120. The van der Waals surface area contributed by atoms with Crippen LogP contribution in [0.15, 0.2) is 0 Å². The Hall–Kier alpha value is 7.74. The van der Waals surface area contributed by atoms with Crippen molar-refractivity contribution in [1.82, 2.24) is 0 Å². The van der Waals surface area contributed by atoms with E-state index in [1.54, 1.807) is 18.5 Å². The molecular formula is C12H78P18. The molecule has 0 N–H and O–H groups in total. The first-order chi connectivity index (χ1) is 6.35. The molecule has 0 aromatic carbocycles. The minimum atomic E-state index is 0. The molecule has 0 bridgehead atoms. The molecule has 0 aromatic heterocycles. The van der Waals surface area contributed by atoms with E-state index < -0.39 is 0 Å². The van der Waals surface area contributed by atoms with Gasteiger partial charge in [0.2, 0.25) is 0 Å². The summed E-state index contributed by atoms with van der Waals surface area (Å²) in [5.74, 6) is 0. The van der Waals surface area contributed by atoms with Crippen LogP contribution in [0, 0.1) is 0 Å². The minimum absolute atomic E-state index is 0. The Balaban J connectivity index is -0.00000000529. The van der Waals surface area contributed by atoms with Crippen LogP contribution in [-0.2, 0) is 0 Å². The Bertz CT molecular complexity index is 96.1. The SMILES string of the molecule is CCCCP(CCCC)CCCC.P.P.P.P.P.P.P.P.P.P.P.P.P.P.P.P.P. The zero-order valence-corrected chi connectivity index (χ0v) is 46.8. The van der Waals surface area contributed by atoms with Crippen molar-refractivity contribution in [2.75, 3.05) is 18.5 Å². The van der Waals surface area contributed by atoms with Gasteiger partial charge in [0.25, 0.3) is 0 Å². The first-order valence-corrected chi connectivity index (χ1v) is 7.97. The maximum atomic E-state index is 2.31. The van der Waals surface area contributed by atoms with E-state index in [2.05, 4.69) is 20.8 Å². The smallest absolute Gasteiger partial charge is 0.0326 e. The van der Waals surface area contributed by atoms with Gasteiger partial charge in [-0.1, -0.05) is 40.0 Å². The van der Waals surface area contributed by atoms with E-state index in [0.29, 0.717) is 7.92 Å². The molecule has 0 saturated heterocycles. The van der Waals surface area contributed by atoms with E-state index in [1.165, 1.54) is 38.5 Å². The van der Waals surface area contributed by atoms with Gasteiger partial charge in [-0.05, 0) is 37.7 Å². The third-order valence-corrected chi connectivity index (χ3v) is 5.33. The first kappa shape index (κ1) is 131. The predicted molar refractivity (Wildman–Crippen MR) is 255 cm³/mol. The lowest BCUT2D eigenvalue weighted by Gasteiger charge is -2.16. The Morgan fingerprint density at radius 1 is 0.300 bits per heavy atom. The minimum Gasteiger partial charge on any atom is -0.153 e. The molecule has 0 aliphatic heterocycles. The van der Waals surface area contributed by atoms with E-state index in [9.17, 15) is 0 Å². The highest BCUT2D eigenvalue weighted by atomic mass is 31.1. The van der Waals surface area contributed by atoms with Crippen molar-refractivity contribution in [2.45, 2.75) is 59.3 Å². The molecule has 0 radical (unpaired) electrons. The van der Waals surface area contributed by atoms with Gasteiger partial charge in [0.05, 0.1) is 0 Å². The highest BCUT2D eigenvalue weighted by Gasteiger charge is 2.05. The Morgan fingerprint density at radius 2 is 0.433 bits per heavy atom. The molecule has 216 valence electrons. The predicted octanol–water partition coefficient (Wildman–Crippen LogP) is 5.86. The fourth-order valence-corrected chi connectivity index (χ4v) is 4.44. The molecule has 0 aliphatic rings. The molecule has 0 aromatic rings. The summed E-state index contributed by atoms with van der Waals surface area (Å²) in [5.41, 5.74) is 0. The molecule has 0 spiro atoms. The highest BCUT2D eigenvalue weighted by Crippen LogP contribution is 2.38. The average Bonchev–Trinajstić information content (AvgIpc) is 2.17. The number of hydrogen-bond acceptors (Lipinski definition) is 0. The van der Waals surface area contributed by atoms with Crippen LogP contribution in [0.2, 0.25) is 0 Å². The van der Waals surface area contributed by atoms with Crippen molar-refractivity contribution in [1.29, 1.82) is 0 Å². The second-order valence-electron chi connectivity index (χ2n) is 3.90. The van der Waals surface area contributed by atoms with Crippen molar-refractivity contribution in [3.8, 4) is 0 Å². The van der Waals surface area contributed by atoms with Crippen LogP contribution in [0.3, 0.4) is 0 Å². The summed E-state index contributed by atoms with van der Waals surface area (Å²) in [4.78, 5) is 0. The van der Waals surface area contributed by atoms with Gasteiger partial charge >= 0.3 is 0 Å². The molecule has 0 aliphatic carbocycles. The van der Waals surface area contributed by atoms with E-state index in [1.807, 2.05) is 0 Å². The Kier molecular flexibility index (Phi) is 525. The third-order valence-electron chi connectivity index (χ3n) is 2.48. The van der Waals surface area contributed by atoms with Crippen LogP contribution in [-0.4, -0.2) is 18.5 Å². The molecule has 0 amide bonds. The van der Waals surface area contributed by atoms with Crippen LogP contribution in [0.5, 0.6) is 0 Å². The van der Waals surface area contributed by atoms with Crippen LogP contribution >= 0.6 is 176 Å². The molecule has 17 atom stereocenters. The summed E-state index contributed by atoms with van der Waals surface area (Å²) in [7, 11) is 0.422. The zero-order chi connectivity index (χ0) is 9.94. The molecule has 0 rings (SSSR count). The van der Waals surface area contributed by atoms with Gasteiger partial charge in [-0.15, -0.1) is 7.92 Å². The van der Waals surface area contributed by atoms with Crippen molar-refractivity contribution in [3.05, 3.63) is 0 Å². The zero-order valence-electron chi connectivity index (χ0n) is 21.8. The van der Waals surface area contributed by atoms with Crippen molar-refractivity contribution in [3.63, 3.8) is 0 Å². The molecule has 0 saturated carbocycles. The van der Waals surface area contributed by atoms with E-state index in [0.717, 1.165) is 0 Å². The van der Waals surface area contributed by atoms with Gasteiger partial charge in [-0.3, -0.25) is 0 Å². The third kappa shape index (κ3) is 111. The number of rotatable bonds is 9. The fourth-order valence-electron chi connectivity index (χ4n) is 1.48. The van der Waals surface area contributed by atoms with Crippen LogP contribution in [0.4, 0.5) is 0 Å². The van der Waals surface area contributed by atoms with Gasteiger partial charge in [0.15, 0.2) is 0 Å². The average molecular weight is 780 g/mol. The molecule has 30 heavy (non-hydrogen) atoms. The van der Waals surface area contributed by atoms with E-state index >= 15 is 0 Å². The quantitative estimate of drug-likeness (QED) is 0.258. The van der Waals surface area contributed by atoms with Gasteiger partial charge in [-0.25, -0.2) is 0 Å². The van der Waals surface area contributed by atoms with Crippen LogP contribution in [0.25, 0.3) is 0 Å². The van der Waals surface area contributed by atoms with Crippen LogP contribution in [0.1, 0.15) is 59.3 Å². The standard InChI is InChI=1S/C12H27P.17H3P/c1-4-7-10-13(11-8-5-2)12-9-6-3;;;;;;;;;;;;;;;;;/h4-12H2,1-3H3;17*1H3. The molecule has 0 heterocycles. The fraction of sp³-hybridized carbons (Fsp3) is 1.00. The second-order valence-corrected chi connectivity index (χ2v) is 6.59. The van der Waals surface area contributed by atoms with Crippen molar-refractivity contribution < 1.29 is 0 Å².